The molecule has 0 aliphatic rings. The smallest absolute Gasteiger partial charge is 0.324 e. The Morgan fingerprint density at radius 2 is 1.76 bits per heavy atom. The first kappa shape index (κ1) is 24.2. The summed E-state index contributed by atoms with van der Waals surface area (Å²) in [6, 6.07) is 7.70. The van der Waals surface area contributed by atoms with E-state index in [9.17, 15) is 22.8 Å². The van der Waals surface area contributed by atoms with E-state index >= 15 is 0 Å². The molecule has 0 aliphatic heterocycles. The molecular formula is C23H16ClF3N8O2. The van der Waals surface area contributed by atoms with Gasteiger partial charge in [-0.1, -0.05) is 17.7 Å². The van der Waals surface area contributed by atoms with Gasteiger partial charge in [-0.2, -0.15) is 10.1 Å². The van der Waals surface area contributed by atoms with Gasteiger partial charge in [0, 0.05) is 30.3 Å². The highest BCUT2D eigenvalue weighted by atomic mass is 35.5. The molecule has 0 bridgehead atoms. The average molecular weight is 529 g/mol. The largest absolute Gasteiger partial charge is 0.355 e. The fourth-order valence-corrected chi connectivity index (χ4v) is 3.87. The molecule has 5 rings (SSSR count). The number of pyridine rings is 1. The predicted octanol–water partition coefficient (Wildman–Crippen LogP) is 2.99. The fraction of sp³-hybridized carbons (Fsp3) is 0.130. The molecule has 0 fully saturated rings. The summed E-state index contributed by atoms with van der Waals surface area (Å²) < 4.78 is 44.9. The monoisotopic (exact) mass is 528 g/mol. The molecule has 0 aliphatic carbocycles. The Balaban J connectivity index is 1.65. The number of fused-ring (bicyclic) bond motifs is 1. The number of benzene rings is 2. The van der Waals surface area contributed by atoms with Gasteiger partial charge in [-0.15, -0.1) is 0 Å². The van der Waals surface area contributed by atoms with Crippen molar-refractivity contribution in [2.45, 2.75) is 13.1 Å². The van der Waals surface area contributed by atoms with Crippen LogP contribution >= 0.6 is 11.6 Å². The first-order valence-corrected chi connectivity index (χ1v) is 11.1. The van der Waals surface area contributed by atoms with Crippen molar-refractivity contribution < 1.29 is 13.2 Å². The van der Waals surface area contributed by atoms with Crippen LogP contribution in [0.5, 0.6) is 0 Å². The minimum atomic E-state index is -1.38. The molecule has 37 heavy (non-hydrogen) atoms. The molecule has 0 spiro atoms. The van der Waals surface area contributed by atoms with Gasteiger partial charge in [0.1, 0.15) is 12.1 Å². The van der Waals surface area contributed by atoms with Crippen molar-refractivity contribution >= 4 is 34.1 Å². The molecule has 3 heterocycles. The minimum Gasteiger partial charge on any atom is -0.324 e. The van der Waals surface area contributed by atoms with E-state index in [2.05, 4.69) is 25.4 Å². The van der Waals surface area contributed by atoms with E-state index in [1.54, 1.807) is 37.5 Å². The second-order valence-corrected chi connectivity index (χ2v) is 8.43. The number of halogens is 4. The van der Waals surface area contributed by atoms with Crippen molar-refractivity contribution in [1.29, 1.82) is 0 Å². The van der Waals surface area contributed by atoms with E-state index in [1.807, 2.05) is 0 Å². The van der Waals surface area contributed by atoms with Crippen LogP contribution in [-0.2, 0) is 20.1 Å². The summed E-state index contributed by atoms with van der Waals surface area (Å²) in [4.78, 5) is 38.4. The second kappa shape index (κ2) is 9.50. The molecular weight excluding hydrogens is 513 g/mol. The van der Waals surface area contributed by atoms with Crippen LogP contribution in [0.15, 0.2) is 58.5 Å². The lowest BCUT2D eigenvalue weighted by molar-refractivity contribution is 0.485. The molecule has 10 nitrogen and oxygen atoms in total. The lowest BCUT2D eigenvalue weighted by Gasteiger charge is -2.16. The van der Waals surface area contributed by atoms with Crippen LogP contribution in [0.3, 0.4) is 0 Å². The van der Waals surface area contributed by atoms with E-state index in [-0.39, 0.29) is 34.6 Å². The van der Waals surface area contributed by atoms with E-state index in [4.69, 9.17) is 11.6 Å². The van der Waals surface area contributed by atoms with Gasteiger partial charge in [0.25, 0.3) is 0 Å². The van der Waals surface area contributed by atoms with Crippen LogP contribution in [0, 0.1) is 17.5 Å². The van der Waals surface area contributed by atoms with Gasteiger partial charge in [-0.3, -0.25) is 14.2 Å². The van der Waals surface area contributed by atoms with Crippen molar-refractivity contribution in [3.05, 3.63) is 104 Å². The summed E-state index contributed by atoms with van der Waals surface area (Å²) in [6.07, 6.45) is 2.98. The first-order valence-electron chi connectivity index (χ1n) is 10.7. The Bertz CT molecular complexity index is 1780. The summed E-state index contributed by atoms with van der Waals surface area (Å²) in [5.74, 6) is -3.92. The van der Waals surface area contributed by atoms with Crippen LogP contribution in [0.1, 0.15) is 11.4 Å². The maximum atomic E-state index is 14.5. The summed E-state index contributed by atoms with van der Waals surface area (Å²) in [6.45, 7) is -0.908. The third kappa shape index (κ3) is 4.80. The van der Waals surface area contributed by atoms with Crippen molar-refractivity contribution in [2.24, 2.45) is 7.05 Å². The Labute approximate surface area is 210 Å². The summed E-state index contributed by atoms with van der Waals surface area (Å²) in [5, 5.41) is 7.78. The predicted molar refractivity (Wildman–Crippen MR) is 128 cm³/mol. The van der Waals surface area contributed by atoms with Crippen molar-refractivity contribution in [3.63, 3.8) is 0 Å². The Hall–Kier alpha value is -4.52. The maximum Gasteiger partial charge on any atom is 0.355 e. The normalized spacial score (nSPS) is 11.3. The van der Waals surface area contributed by atoms with E-state index in [1.165, 1.54) is 11.0 Å². The highest BCUT2D eigenvalue weighted by Gasteiger charge is 2.19. The topological polar surface area (TPSA) is 113 Å². The maximum absolute atomic E-state index is 14.5. The molecule has 3 aromatic heterocycles. The molecule has 5 aromatic rings. The number of hydrogen-bond acceptors (Lipinski definition) is 7. The Kier molecular flexibility index (Phi) is 6.21. The lowest BCUT2D eigenvalue weighted by Crippen LogP contribution is -2.43. The number of aromatic nitrogens is 7. The molecule has 0 saturated heterocycles. The summed E-state index contributed by atoms with van der Waals surface area (Å²) in [7, 11) is 1.61. The van der Waals surface area contributed by atoms with Gasteiger partial charge >= 0.3 is 11.4 Å². The first-order chi connectivity index (χ1) is 17.7. The third-order valence-electron chi connectivity index (χ3n) is 5.45. The van der Waals surface area contributed by atoms with Crippen LogP contribution in [-0.4, -0.2) is 33.9 Å². The van der Waals surface area contributed by atoms with Gasteiger partial charge in [-0.05, 0) is 24.3 Å². The molecule has 0 atom stereocenters. The highest BCUT2D eigenvalue weighted by Crippen LogP contribution is 2.29. The van der Waals surface area contributed by atoms with Crippen LogP contribution in [0.25, 0.3) is 10.9 Å². The molecule has 0 unspecified atom stereocenters. The number of anilines is 2. The summed E-state index contributed by atoms with van der Waals surface area (Å²) >= 11 is 6.38. The Morgan fingerprint density at radius 1 is 0.973 bits per heavy atom. The number of nitrogens with zero attached hydrogens (tertiary/aromatic N) is 7. The molecule has 188 valence electrons. The fourth-order valence-electron chi connectivity index (χ4n) is 3.67. The van der Waals surface area contributed by atoms with Crippen molar-refractivity contribution in [1.82, 2.24) is 33.9 Å². The van der Waals surface area contributed by atoms with Crippen LogP contribution in [0.2, 0.25) is 5.02 Å². The molecule has 0 amide bonds. The van der Waals surface area contributed by atoms with Crippen LogP contribution in [0.4, 0.5) is 24.8 Å². The van der Waals surface area contributed by atoms with Crippen LogP contribution < -0.4 is 16.7 Å². The summed E-state index contributed by atoms with van der Waals surface area (Å²) in [5.41, 5.74) is -1.33. The quantitative estimate of drug-likeness (QED) is 0.337. The number of nitrogens with one attached hydrogen (secondary N) is 1. The third-order valence-corrected chi connectivity index (χ3v) is 5.77. The SMILES string of the molecule is Cn1cnc(Cn2c(=O)nc(Nc3cc4cccnc4cc3Cl)n(Cc3cc(F)c(F)cc3F)c2=O)n1. The van der Waals surface area contributed by atoms with E-state index < -0.39 is 35.4 Å². The van der Waals surface area contributed by atoms with E-state index in [0.29, 0.717) is 23.0 Å². The molecule has 14 heteroatoms. The zero-order chi connectivity index (χ0) is 26.3. The number of hydrogen-bond donors (Lipinski definition) is 1. The lowest BCUT2D eigenvalue weighted by atomic mass is 10.2. The van der Waals surface area contributed by atoms with Crippen molar-refractivity contribution in [2.75, 3.05) is 5.32 Å². The van der Waals surface area contributed by atoms with Gasteiger partial charge in [0.2, 0.25) is 5.95 Å². The van der Waals surface area contributed by atoms with Gasteiger partial charge in [-0.25, -0.2) is 32.3 Å². The van der Waals surface area contributed by atoms with Crippen molar-refractivity contribution in [3.8, 4) is 0 Å². The standard InChI is InChI=1S/C23H16ClF3N8O2/c1-33-11-29-20(32-33)10-35-22(36)31-21(30-19-6-12-3-2-4-28-18(12)7-14(19)24)34(23(35)37)9-13-5-16(26)17(27)8-15(13)25/h2-8,11H,9-10H2,1H3,(H,30,31,36). The highest BCUT2D eigenvalue weighted by molar-refractivity contribution is 6.34. The number of rotatable bonds is 6. The van der Waals surface area contributed by atoms with Gasteiger partial charge < -0.3 is 5.32 Å². The molecule has 0 saturated carbocycles. The average Bonchev–Trinajstić information content (AvgIpc) is 3.27. The second-order valence-electron chi connectivity index (χ2n) is 8.02. The Morgan fingerprint density at radius 3 is 2.51 bits per heavy atom. The zero-order valence-corrected chi connectivity index (χ0v) is 19.7. The number of aryl methyl sites for hydroxylation is 1. The minimum absolute atomic E-state index is 0.153. The molecule has 0 radical (unpaired) electrons. The molecule has 1 N–H and O–H groups in total. The van der Waals surface area contributed by atoms with E-state index in [0.717, 1.165) is 9.13 Å². The van der Waals surface area contributed by atoms with Gasteiger partial charge in [0.15, 0.2) is 17.5 Å². The molecule has 2 aromatic carbocycles. The zero-order valence-electron chi connectivity index (χ0n) is 19.0. The van der Waals surface area contributed by atoms with Gasteiger partial charge in [0.05, 0.1) is 29.3 Å².